The zero-order valence-electron chi connectivity index (χ0n) is 47.6. The van der Waals surface area contributed by atoms with Gasteiger partial charge in [0.1, 0.15) is 23.9 Å². The summed E-state index contributed by atoms with van der Waals surface area (Å²) >= 11 is 0.965. The quantitative estimate of drug-likeness (QED) is 0.0213. The van der Waals surface area contributed by atoms with Crippen molar-refractivity contribution in [1.82, 2.24) is 30.7 Å². The van der Waals surface area contributed by atoms with Gasteiger partial charge >= 0.3 is 13.3 Å². The van der Waals surface area contributed by atoms with Gasteiger partial charge in [0.05, 0.1) is 16.0 Å². The number of amides is 8. The Morgan fingerprint density at radius 3 is 2.31 bits per heavy atom. The molecule has 2 saturated heterocycles. The predicted molar refractivity (Wildman–Crippen MR) is 313 cm³/mol. The molecule has 0 radical (unpaired) electrons. The third-order valence-corrected chi connectivity index (χ3v) is 18.2. The average molecular weight is 1200 g/mol. The van der Waals surface area contributed by atoms with E-state index in [2.05, 4.69) is 27.8 Å². The lowest BCUT2D eigenvalue weighted by Crippen LogP contribution is -2.61. The number of carbonyl (C=O) groups is 8. The van der Waals surface area contributed by atoms with Crippen LogP contribution in [-0.4, -0.2) is 116 Å². The summed E-state index contributed by atoms with van der Waals surface area (Å²) in [6.45, 7) is 6.52. The Morgan fingerprint density at radius 2 is 1.58 bits per heavy atom. The SMILES string of the molecule is CC(C)(C)[C@H](NC(=O)c1cc2cc(C(F)(F)P(=O)(O)O)ccc2s1)C(=O)N1Cc2cc(OCC(=O)NCCCCCCCCCC#Cc3ccc4c(c3)C(=O)N(C3CCC(=O)NC3=O)C4=O)ccc2C[C@H]1C(=O)N1CCC[C@H](c2ccccc2)C1. The second kappa shape index (κ2) is 26.3. The van der Waals surface area contributed by atoms with E-state index in [0.29, 0.717) is 47.6 Å². The largest absolute Gasteiger partial charge is 0.484 e. The summed E-state index contributed by atoms with van der Waals surface area (Å²) in [5, 5.41) is 8.15. The number of ether oxygens (including phenoxy) is 1. The first-order chi connectivity index (χ1) is 40.5. The van der Waals surface area contributed by atoms with Crippen LogP contribution in [0.3, 0.4) is 0 Å². The third kappa shape index (κ3) is 14.4. The molecule has 4 aliphatic rings. The molecule has 5 aromatic rings. The molecule has 4 aliphatic heterocycles. The second-order valence-electron chi connectivity index (χ2n) is 23.2. The number of nitrogens with one attached hydrogen (secondary N) is 3. The molecule has 1 unspecified atom stereocenters. The highest BCUT2D eigenvalue weighted by Crippen LogP contribution is 2.59. The summed E-state index contributed by atoms with van der Waals surface area (Å²) in [6, 6.07) is 21.4. The number of hydrogen-bond acceptors (Lipinski definition) is 11. The molecular weight excluding hydrogens is 1130 g/mol. The third-order valence-electron chi connectivity index (χ3n) is 16.1. The number of unbranched alkanes of at least 4 members (excludes halogenated alkanes) is 7. The Labute approximate surface area is 495 Å². The number of carbonyl (C=O) groups excluding carboxylic acids is 8. The minimum absolute atomic E-state index is 0.0122. The molecule has 9 rings (SSSR count). The van der Waals surface area contributed by atoms with Crippen molar-refractivity contribution >= 4 is 76.3 Å². The maximum absolute atomic E-state index is 15.2. The van der Waals surface area contributed by atoms with Crippen molar-refractivity contribution in [3.05, 3.63) is 135 Å². The number of alkyl halides is 2. The fourth-order valence-corrected chi connectivity index (χ4v) is 12.8. The zero-order valence-corrected chi connectivity index (χ0v) is 49.3. The first kappa shape index (κ1) is 61.9. The number of likely N-dealkylation sites (tertiary alicyclic amines) is 1. The van der Waals surface area contributed by atoms with E-state index in [4.69, 9.17) is 4.74 Å². The van der Waals surface area contributed by atoms with Crippen molar-refractivity contribution in [2.24, 2.45) is 5.41 Å². The van der Waals surface area contributed by atoms with Crippen LogP contribution in [0.1, 0.15) is 162 Å². The van der Waals surface area contributed by atoms with Crippen LogP contribution in [0.4, 0.5) is 8.78 Å². The van der Waals surface area contributed by atoms with Gasteiger partial charge in [0.15, 0.2) is 6.61 Å². The predicted octanol–water partition coefficient (Wildman–Crippen LogP) is 8.70. The summed E-state index contributed by atoms with van der Waals surface area (Å²) in [4.78, 5) is 130. The minimum Gasteiger partial charge on any atom is -0.484 e. The average Bonchev–Trinajstić information content (AvgIpc) is 4.28. The summed E-state index contributed by atoms with van der Waals surface area (Å²) in [5.74, 6) is 2.78. The summed E-state index contributed by atoms with van der Waals surface area (Å²) in [6.07, 6.45) is 9.28. The molecule has 18 nitrogen and oxygen atoms in total. The first-order valence-electron chi connectivity index (χ1n) is 28.8. The van der Waals surface area contributed by atoms with Gasteiger partial charge < -0.3 is 35.0 Å². The lowest BCUT2D eigenvalue weighted by atomic mass is 9.83. The van der Waals surface area contributed by atoms with E-state index in [0.717, 1.165) is 97.3 Å². The maximum Gasteiger partial charge on any atom is 0.399 e. The van der Waals surface area contributed by atoms with Gasteiger partial charge in [0, 0.05) is 67.2 Å². The Kier molecular flexibility index (Phi) is 19.2. The Bertz CT molecular complexity index is 3530. The van der Waals surface area contributed by atoms with E-state index in [1.54, 1.807) is 51.1 Å². The van der Waals surface area contributed by atoms with Crippen molar-refractivity contribution in [1.29, 1.82) is 0 Å². The Hall–Kier alpha value is -7.63. The number of benzene rings is 4. The fraction of sp³-hybridized carbons (Fsp3) is 0.429. The van der Waals surface area contributed by atoms with Gasteiger partial charge in [-0.15, -0.1) is 11.3 Å². The number of thiophene rings is 1. The van der Waals surface area contributed by atoms with E-state index in [1.165, 1.54) is 17.0 Å². The van der Waals surface area contributed by atoms with Gasteiger partial charge in [-0.05, 0) is 108 Å². The van der Waals surface area contributed by atoms with Crippen molar-refractivity contribution in [2.75, 3.05) is 26.2 Å². The monoisotopic (exact) mass is 1200 g/mol. The molecule has 0 saturated carbocycles. The standard InChI is InChI=1S/C63H69F2N6O12PS/c1-62(2,3)55(68-57(75)52-35-43-32-45(23-27-51(43)85-52)63(64,65)84(80,81)82)61(79)70-37-44-33-46(24-22-41(44)34-50(70)60(78)69-30-16-20-42(36-69)40-18-13-11-14-19-40)83-38-54(73)66-29-15-10-8-6-4-5-7-9-12-17-39-21-25-47-48(31-39)59(77)71(58(47)76)49-26-28-53(72)67-56(49)74/h11,13-14,18-19,21-25,27,31-33,35,42,49-50,55H,4-10,15-16,20,26,28-30,34,36-38H2,1-3H3,(H,66,73)(H,68,75)(H,67,72,74)(H2,80,81,82)/t42-,49?,50-,55+/m0/s1. The van der Waals surface area contributed by atoms with Gasteiger partial charge in [-0.3, -0.25) is 53.1 Å². The molecule has 5 heterocycles. The molecule has 22 heteroatoms. The van der Waals surface area contributed by atoms with Gasteiger partial charge in [0.25, 0.3) is 23.6 Å². The molecule has 85 heavy (non-hydrogen) atoms. The van der Waals surface area contributed by atoms with E-state index in [-0.39, 0.29) is 71.5 Å². The number of piperidine rings is 2. The van der Waals surface area contributed by atoms with Crippen molar-refractivity contribution in [2.45, 2.75) is 140 Å². The number of hydrogen-bond donors (Lipinski definition) is 5. The van der Waals surface area contributed by atoms with Crippen LogP contribution in [0.15, 0.2) is 91.0 Å². The van der Waals surface area contributed by atoms with Gasteiger partial charge in [-0.1, -0.05) is 107 Å². The number of rotatable bonds is 20. The minimum atomic E-state index is -5.86. The molecule has 4 atom stereocenters. The number of nitrogens with zero attached hydrogens (tertiary/aromatic N) is 3. The molecule has 0 bridgehead atoms. The fourth-order valence-electron chi connectivity index (χ4n) is 11.4. The maximum atomic E-state index is 15.2. The molecule has 1 aromatic heterocycles. The van der Waals surface area contributed by atoms with Crippen LogP contribution < -0.4 is 20.7 Å². The first-order valence-corrected chi connectivity index (χ1v) is 31.2. The Morgan fingerprint density at radius 1 is 0.847 bits per heavy atom. The molecule has 448 valence electrons. The van der Waals surface area contributed by atoms with Crippen LogP contribution in [0.2, 0.25) is 0 Å². The van der Waals surface area contributed by atoms with E-state index >= 15 is 4.79 Å². The lowest BCUT2D eigenvalue weighted by molar-refractivity contribution is -0.150. The highest BCUT2D eigenvalue weighted by Gasteiger charge is 2.51. The highest BCUT2D eigenvalue weighted by molar-refractivity contribution is 7.52. The van der Waals surface area contributed by atoms with Crippen molar-refractivity contribution < 1.29 is 66.2 Å². The van der Waals surface area contributed by atoms with Crippen LogP contribution in [0.5, 0.6) is 5.75 Å². The number of fused-ring (bicyclic) bond motifs is 3. The normalized spacial score (nSPS) is 18.5. The van der Waals surface area contributed by atoms with Crippen molar-refractivity contribution in [3.63, 3.8) is 0 Å². The Balaban J connectivity index is 0.758. The molecule has 8 amide bonds. The summed E-state index contributed by atoms with van der Waals surface area (Å²) < 4.78 is 47.3. The molecule has 2 fully saturated rings. The van der Waals surface area contributed by atoms with Crippen LogP contribution in [0.25, 0.3) is 10.1 Å². The van der Waals surface area contributed by atoms with Crippen LogP contribution in [0, 0.1) is 17.3 Å². The van der Waals surface area contributed by atoms with Crippen LogP contribution in [-0.2, 0) is 47.2 Å². The van der Waals surface area contributed by atoms with E-state index < -0.39 is 77.8 Å². The zero-order chi connectivity index (χ0) is 60.8. The number of halogens is 2. The second-order valence-corrected chi connectivity index (χ2v) is 26.0. The number of imide groups is 2. The molecule has 0 aliphatic carbocycles. The van der Waals surface area contributed by atoms with E-state index in [9.17, 15) is 56.7 Å². The van der Waals surface area contributed by atoms with Gasteiger partial charge in [0.2, 0.25) is 23.6 Å². The topological polar surface area (TPSA) is 249 Å². The van der Waals surface area contributed by atoms with Crippen molar-refractivity contribution in [3.8, 4) is 17.6 Å². The van der Waals surface area contributed by atoms with E-state index in [1.807, 2.05) is 41.3 Å². The van der Waals surface area contributed by atoms with Gasteiger partial charge in [-0.25, -0.2) is 0 Å². The van der Waals surface area contributed by atoms with Crippen LogP contribution >= 0.6 is 18.9 Å². The molecular formula is C63H69F2N6O12PS. The summed E-state index contributed by atoms with van der Waals surface area (Å²) in [7, 11) is -5.86. The molecule has 5 N–H and O–H groups in total. The molecule has 0 spiro atoms. The highest BCUT2D eigenvalue weighted by atomic mass is 32.1. The summed E-state index contributed by atoms with van der Waals surface area (Å²) in [5.41, 5.74) is -2.62. The van der Waals surface area contributed by atoms with Gasteiger partial charge in [-0.2, -0.15) is 8.78 Å². The smallest absolute Gasteiger partial charge is 0.399 e. The lowest BCUT2D eigenvalue weighted by Gasteiger charge is -2.43. The molecule has 4 aromatic carbocycles.